The van der Waals surface area contributed by atoms with Crippen LogP contribution < -0.4 is 4.74 Å². The number of likely N-dealkylation sites (tertiary alicyclic amines) is 2. The first-order valence-electron chi connectivity index (χ1n) is 11.2. The molecule has 2 aromatic rings. The van der Waals surface area contributed by atoms with E-state index in [4.69, 9.17) is 4.74 Å². The summed E-state index contributed by atoms with van der Waals surface area (Å²) in [7, 11) is 0. The van der Waals surface area contributed by atoms with Crippen molar-refractivity contribution in [2.24, 2.45) is 5.92 Å². The summed E-state index contributed by atoms with van der Waals surface area (Å²) in [5.74, 6) is 1.15. The van der Waals surface area contributed by atoms with Gasteiger partial charge in [0, 0.05) is 43.7 Å². The van der Waals surface area contributed by atoms with E-state index in [1.165, 1.54) is 0 Å². The Balaban J connectivity index is 1.30. The third kappa shape index (κ3) is 5.75. The summed E-state index contributed by atoms with van der Waals surface area (Å²) in [5.41, 5.74) is 1.71. The molecule has 31 heavy (non-hydrogen) atoms. The summed E-state index contributed by atoms with van der Waals surface area (Å²) in [6.45, 7) is 3.72. The van der Waals surface area contributed by atoms with Crippen molar-refractivity contribution in [3.05, 3.63) is 71.8 Å². The molecule has 1 unspecified atom stereocenters. The zero-order valence-corrected chi connectivity index (χ0v) is 17.9. The molecule has 2 fully saturated rings. The number of nitrogens with zero attached hydrogens (tertiary/aromatic N) is 2. The van der Waals surface area contributed by atoms with Crippen molar-refractivity contribution in [1.29, 1.82) is 0 Å². The first kappa shape index (κ1) is 21.2. The maximum atomic E-state index is 12.6. The molecule has 2 heterocycles. The Kier molecular flexibility index (Phi) is 7.03. The van der Waals surface area contributed by atoms with Crippen LogP contribution in [0.25, 0.3) is 6.08 Å². The van der Waals surface area contributed by atoms with Crippen molar-refractivity contribution in [2.75, 3.05) is 32.8 Å². The van der Waals surface area contributed by atoms with Gasteiger partial charge in [0.2, 0.25) is 5.91 Å². The maximum absolute atomic E-state index is 12.6. The number of rotatable bonds is 6. The van der Waals surface area contributed by atoms with Gasteiger partial charge in [-0.3, -0.25) is 9.59 Å². The second kappa shape index (κ2) is 10.3. The van der Waals surface area contributed by atoms with Gasteiger partial charge in [-0.25, -0.2) is 0 Å². The van der Waals surface area contributed by atoms with Crippen molar-refractivity contribution in [3.8, 4) is 5.75 Å². The van der Waals surface area contributed by atoms with Crippen LogP contribution in [0.2, 0.25) is 0 Å². The van der Waals surface area contributed by atoms with Crippen LogP contribution in [0.5, 0.6) is 5.75 Å². The van der Waals surface area contributed by atoms with Crippen molar-refractivity contribution in [3.63, 3.8) is 0 Å². The molecule has 0 spiro atoms. The molecule has 0 aromatic heterocycles. The minimum atomic E-state index is 0.0479. The van der Waals surface area contributed by atoms with Crippen LogP contribution in [-0.4, -0.2) is 54.4 Å². The Morgan fingerprint density at radius 3 is 2.52 bits per heavy atom. The molecule has 162 valence electrons. The highest BCUT2D eigenvalue weighted by Gasteiger charge is 2.23. The first-order chi connectivity index (χ1) is 15.2. The van der Waals surface area contributed by atoms with Gasteiger partial charge in [-0.15, -0.1) is 0 Å². The van der Waals surface area contributed by atoms with Crippen LogP contribution in [0.1, 0.15) is 41.6 Å². The van der Waals surface area contributed by atoms with E-state index < -0.39 is 0 Å². The third-order valence-electron chi connectivity index (χ3n) is 6.01. The number of benzene rings is 2. The molecular formula is C26H30N2O3. The lowest BCUT2D eigenvalue weighted by molar-refractivity contribution is -0.127. The zero-order valence-electron chi connectivity index (χ0n) is 17.9. The topological polar surface area (TPSA) is 49.9 Å². The highest BCUT2D eigenvalue weighted by atomic mass is 16.5. The van der Waals surface area contributed by atoms with E-state index in [0.29, 0.717) is 24.6 Å². The average molecular weight is 419 g/mol. The van der Waals surface area contributed by atoms with Crippen LogP contribution in [-0.2, 0) is 4.79 Å². The fourth-order valence-corrected chi connectivity index (χ4v) is 4.27. The van der Waals surface area contributed by atoms with E-state index >= 15 is 0 Å². The molecule has 0 saturated carbocycles. The standard InChI is InChI=1S/C26H30N2O3/c29-25(14-13-21-8-2-1-3-9-21)28-17-7-10-22(19-28)20-31-24-12-6-11-23(18-24)26(30)27-15-4-5-16-27/h1-3,6,8-9,11-14,18,22H,4-5,7,10,15-17,19-20H2. The van der Waals surface area contributed by atoms with Crippen LogP contribution in [0.4, 0.5) is 0 Å². The second-order valence-electron chi connectivity index (χ2n) is 8.37. The molecule has 0 bridgehead atoms. The van der Waals surface area contributed by atoms with Crippen LogP contribution >= 0.6 is 0 Å². The molecule has 5 heteroatoms. The molecule has 4 rings (SSSR count). The zero-order chi connectivity index (χ0) is 21.5. The SMILES string of the molecule is O=C(C=Cc1ccccc1)N1CCCC(COc2cccc(C(=O)N3CCCC3)c2)C1. The molecule has 0 N–H and O–H groups in total. The van der Waals surface area contributed by atoms with Gasteiger partial charge >= 0.3 is 0 Å². The molecule has 2 amide bonds. The second-order valence-corrected chi connectivity index (χ2v) is 8.37. The maximum Gasteiger partial charge on any atom is 0.253 e. The number of piperidine rings is 1. The summed E-state index contributed by atoms with van der Waals surface area (Å²) < 4.78 is 6.03. The van der Waals surface area contributed by atoms with Crippen molar-refractivity contribution in [2.45, 2.75) is 25.7 Å². The van der Waals surface area contributed by atoms with Gasteiger partial charge in [0.1, 0.15) is 5.75 Å². The molecule has 2 saturated heterocycles. The number of ether oxygens (including phenoxy) is 1. The van der Waals surface area contributed by atoms with Crippen molar-refractivity contribution < 1.29 is 14.3 Å². The van der Waals surface area contributed by atoms with Crippen LogP contribution in [0, 0.1) is 5.92 Å². The molecule has 0 aliphatic carbocycles. The normalized spacial score (nSPS) is 19.0. The minimum absolute atomic E-state index is 0.0479. The lowest BCUT2D eigenvalue weighted by Crippen LogP contribution is -2.40. The summed E-state index contributed by atoms with van der Waals surface area (Å²) in [6, 6.07) is 17.3. The predicted octanol–water partition coefficient (Wildman–Crippen LogP) is 4.25. The Bertz CT molecular complexity index is 919. The average Bonchev–Trinajstić information content (AvgIpc) is 3.37. The van der Waals surface area contributed by atoms with Gasteiger partial charge in [0.15, 0.2) is 0 Å². The van der Waals surface area contributed by atoms with E-state index in [-0.39, 0.29) is 11.8 Å². The minimum Gasteiger partial charge on any atom is -0.493 e. The van der Waals surface area contributed by atoms with Gasteiger partial charge < -0.3 is 14.5 Å². The van der Waals surface area contributed by atoms with Gasteiger partial charge in [0.05, 0.1) is 6.61 Å². The van der Waals surface area contributed by atoms with Crippen LogP contribution in [0.15, 0.2) is 60.7 Å². The van der Waals surface area contributed by atoms with E-state index in [9.17, 15) is 9.59 Å². The smallest absolute Gasteiger partial charge is 0.253 e. The molecule has 1 atom stereocenters. The van der Waals surface area contributed by atoms with Gasteiger partial charge in [-0.2, -0.15) is 0 Å². The number of hydrogen-bond acceptors (Lipinski definition) is 3. The number of carbonyl (C=O) groups is 2. The Hall–Kier alpha value is -3.08. The Labute approximate surface area is 184 Å². The fraction of sp³-hybridized carbons (Fsp3) is 0.385. The summed E-state index contributed by atoms with van der Waals surface area (Å²) in [4.78, 5) is 29.0. The monoisotopic (exact) mass is 418 g/mol. The molecule has 2 aliphatic heterocycles. The van der Waals surface area contributed by atoms with E-state index in [0.717, 1.165) is 56.6 Å². The highest BCUT2D eigenvalue weighted by molar-refractivity contribution is 5.94. The lowest BCUT2D eigenvalue weighted by Gasteiger charge is -2.32. The third-order valence-corrected chi connectivity index (χ3v) is 6.01. The number of amides is 2. The van der Waals surface area contributed by atoms with E-state index in [1.54, 1.807) is 6.08 Å². The molecule has 0 radical (unpaired) electrons. The number of hydrogen-bond donors (Lipinski definition) is 0. The predicted molar refractivity (Wildman–Crippen MR) is 122 cm³/mol. The lowest BCUT2D eigenvalue weighted by atomic mass is 9.99. The van der Waals surface area contributed by atoms with Gasteiger partial charge in [-0.05, 0) is 55.5 Å². The quantitative estimate of drug-likeness (QED) is 0.659. The van der Waals surface area contributed by atoms with Gasteiger partial charge in [-0.1, -0.05) is 36.4 Å². The molecular weight excluding hydrogens is 388 g/mol. The Morgan fingerprint density at radius 1 is 0.935 bits per heavy atom. The number of carbonyl (C=O) groups excluding carboxylic acids is 2. The Morgan fingerprint density at radius 2 is 1.71 bits per heavy atom. The summed E-state index contributed by atoms with van der Waals surface area (Å²) in [6.07, 6.45) is 7.71. The van der Waals surface area contributed by atoms with Crippen LogP contribution in [0.3, 0.4) is 0 Å². The molecule has 2 aliphatic rings. The van der Waals surface area contributed by atoms with Gasteiger partial charge in [0.25, 0.3) is 5.91 Å². The highest BCUT2D eigenvalue weighted by Crippen LogP contribution is 2.21. The van der Waals surface area contributed by atoms with E-state index in [1.807, 2.05) is 70.5 Å². The van der Waals surface area contributed by atoms with Crippen molar-refractivity contribution >= 4 is 17.9 Å². The summed E-state index contributed by atoms with van der Waals surface area (Å²) in [5, 5.41) is 0. The molecule has 2 aromatic carbocycles. The first-order valence-corrected chi connectivity index (χ1v) is 11.2. The largest absolute Gasteiger partial charge is 0.493 e. The molecule has 5 nitrogen and oxygen atoms in total. The van der Waals surface area contributed by atoms with E-state index in [2.05, 4.69) is 0 Å². The fourth-order valence-electron chi connectivity index (χ4n) is 4.27. The van der Waals surface area contributed by atoms with Crippen molar-refractivity contribution in [1.82, 2.24) is 9.80 Å². The summed E-state index contributed by atoms with van der Waals surface area (Å²) >= 11 is 0.